The molecule has 1 saturated heterocycles. The summed E-state index contributed by atoms with van der Waals surface area (Å²) in [5.41, 5.74) is 5.73. The Balaban J connectivity index is 1.33. The SMILES string of the molecule is Oc1cccc(-c2ccc([C@@H]3[C@@H](CC[C@H](O)c4ccc(F)cc4)OC(=S)N3c3ccc(-c4ccccc4)cc3)c(O)c2)c1. The lowest BCUT2D eigenvalue weighted by atomic mass is 9.92. The number of phenolic OH excluding ortho intramolecular Hbond substituents is 2. The molecule has 6 rings (SSSR count). The number of aliphatic hydroxyl groups excluding tert-OH is 1. The summed E-state index contributed by atoms with van der Waals surface area (Å²) in [5.74, 6) is -0.159. The first-order chi connectivity index (χ1) is 20.9. The molecule has 0 unspecified atom stereocenters. The largest absolute Gasteiger partial charge is 0.508 e. The lowest BCUT2D eigenvalue weighted by molar-refractivity contribution is 0.126. The summed E-state index contributed by atoms with van der Waals surface area (Å²) in [5, 5.41) is 32.4. The van der Waals surface area contributed by atoms with Crippen LogP contribution in [0.4, 0.5) is 10.1 Å². The van der Waals surface area contributed by atoms with Crippen LogP contribution >= 0.6 is 12.2 Å². The number of benzene rings is 5. The zero-order chi connectivity index (χ0) is 29.9. The Bertz CT molecular complexity index is 1730. The number of ether oxygens (including phenoxy) is 1. The highest BCUT2D eigenvalue weighted by molar-refractivity contribution is 7.80. The van der Waals surface area contributed by atoms with Crippen LogP contribution in [0.3, 0.4) is 0 Å². The molecule has 0 bridgehead atoms. The van der Waals surface area contributed by atoms with Gasteiger partial charge in [0.25, 0.3) is 5.17 Å². The van der Waals surface area contributed by atoms with E-state index in [0.717, 1.165) is 27.9 Å². The Morgan fingerprint density at radius 1 is 0.744 bits per heavy atom. The van der Waals surface area contributed by atoms with Crippen LogP contribution in [-0.4, -0.2) is 26.6 Å². The lowest BCUT2D eigenvalue weighted by Gasteiger charge is -2.27. The summed E-state index contributed by atoms with van der Waals surface area (Å²) >= 11 is 5.74. The highest BCUT2D eigenvalue weighted by Gasteiger charge is 2.42. The van der Waals surface area contributed by atoms with Crippen molar-refractivity contribution in [1.82, 2.24) is 0 Å². The second-order valence-electron chi connectivity index (χ2n) is 10.6. The third-order valence-corrected chi connectivity index (χ3v) is 8.13. The average Bonchev–Trinajstić information content (AvgIpc) is 3.36. The smallest absolute Gasteiger partial charge is 0.264 e. The average molecular weight is 592 g/mol. The molecule has 1 aliphatic heterocycles. The molecule has 5 aromatic carbocycles. The number of rotatable bonds is 8. The van der Waals surface area contributed by atoms with E-state index in [1.165, 1.54) is 12.1 Å². The molecule has 0 aromatic heterocycles. The van der Waals surface area contributed by atoms with Crippen LogP contribution in [0.2, 0.25) is 0 Å². The van der Waals surface area contributed by atoms with Crippen LogP contribution in [-0.2, 0) is 4.74 Å². The number of halogens is 1. The molecule has 0 aliphatic carbocycles. The Labute approximate surface area is 255 Å². The summed E-state index contributed by atoms with van der Waals surface area (Å²) in [6.45, 7) is 0. The van der Waals surface area contributed by atoms with Gasteiger partial charge in [0.1, 0.15) is 29.5 Å². The normalized spacial score (nSPS) is 17.1. The molecule has 5 nitrogen and oxygen atoms in total. The summed E-state index contributed by atoms with van der Waals surface area (Å²) in [7, 11) is 0. The summed E-state index contributed by atoms with van der Waals surface area (Å²) in [6, 6.07) is 35.7. The Morgan fingerprint density at radius 3 is 2.09 bits per heavy atom. The summed E-state index contributed by atoms with van der Waals surface area (Å²) in [6.07, 6.45) is -0.526. The van der Waals surface area contributed by atoms with Crippen molar-refractivity contribution in [3.63, 3.8) is 0 Å². The molecule has 0 spiro atoms. The lowest BCUT2D eigenvalue weighted by Crippen LogP contribution is -2.29. The van der Waals surface area contributed by atoms with Gasteiger partial charge in [0.15, 0.2) is 0 Å². The maximum Gasteiger partial charge on any atom is 0.264 e. The molecular formula is C36H30FNO4S. The second kappa shape index (κ2) is 12.3. The van der Waals surface area contributed by atoms with E-state index in [1.807, 2.05) is 65.6 Å². The number of anilines is 1. The van der Waals surface area contributed by atoms with Gasteiger partial charge >= 0.3 is 0 Å². The number of hydrogen-bond acceptors (Lipinski definition) is 5. The number of nitrogens with zero attached hydrogens (tertiary/aromatic N) is 1. The number of aliphatic hydroxyl groups is 1. The molecule has 5 aromatic rings. The Kier molecular flexibility index (Phi) is 8.09. The number of thiocarbonyl (C=S) groups is 1. The van der Waals surface area contributed by atoms with Crippen molar-refractivity contribution in [1.29, 1.82) is 0 Å². The zero-order valence-corrected chi connectivity index (χ0v) is 24.0. The van der Waals surface area contributed by atoms with Crippen LogP contribution in [0.25, 0.3) is 22.3 Å². The molecule has 7 heteroatoms. The van der Waals surface area contributed by atoms with Gasteiger partial charge in [-0.1, -0.05) is 78.9 Å². The van der Waals surface area contributed by atoms with Crippen molar-refractivity contribution in [2.75, 3.05) is 4.90 Å². The molecule has 1 fully saturated rings. The predicted octanol–water partition coefficient (Wildman–Crippen LogP) is 8.32. The van der Waals surface area contributed by atoms with Gasteiger partial charge in [0, 0.05) is 11.3 Å². The van der Waals surface area contributed by atoms with Crippen LogP contribution < -0.4 is 4.90 Å². The van der Waals surface area contributed by atoms with Crippen molar-refractivity contribution >= 4 is 23.1 Å². The minimum absolute atomic E-state index is 0.0640. The van der Waals surface area contributed by atoms with Crippen LogP contribution in [0.1, 0.15) is 36.1 Å². The maximum absolute atomic E-state index is 13.4. The van der Waals surface area contributed by atoms with Gasteiger partial charge in [0.05, 0.1) is 6.10 Å². The molecule has 0 saturated carbocycles. The van der Waals surface area contributed by atoms with E-state index in [4.69, 9.17) is 17.0 Å². The monoisotopic (exact) mass is 591 g/mol. The minimum Gasteiger partial charge on any atom is -0.508 e. The number of aromatic hydroxyl groups is 2. The van der Waals surface area contributed by atoms with Crippen LogP contribution in [0.5, 0.6) is 11.5 Å². The van der Waals surface area contributed by atoms with Gasteiger partial charge in [-0.15, -0.1) is 0 Å². The second-order valence-corrected chi connectivity index (χ2v) is 11.0. The number of hydrogen-bond donors (Lipinski definition) is 3. The molecular weight excluding hydrogens is 561 g/mol. The van der Waals surface area contributed by atoms with E-state index in [2.05, 4.69) is 12.1 Å². The Hall–Kier alpha value is -4.72. The molecule has 3 N–H and O–H groups in total. The van der Waals surface area contributed by atoms with E-state index >= 15 is 0 Å². The fourth-order valence-electron chi connectivity index (χ4n) is 5.63. The fourth-order valence-corrected chi connectivity index (χ4v) is 5.97. The van der Waals surface area contributed by atoms with Gasteiger partial charge in [-0.05, 0) is 95.3 Å². The molecule has 0 amide bonds. The molecule has 43 heavy (non-hydrogen) atoms. The van der Waals surface area contributed by atoms with E-state index < -0.39 is 18.2 Å². The van der Waals surface area contributed by atoms with Gasteiger partial charge in [0.2, 0.25) is 0 Å². The molecule has 3 atom stereocenters. The predicted molar refractivity (Wildman–Crippen MR) is 170 cm³/mol. The van der Waals surface area contributed by atoms with E-state index in [-0.39, 0.29) is 22.5 Å². The summed E-state index contributed by atoms with van der Waals surface area (Å²) < 4.78 is 19.7. The highest BCUT2D eigenvalue weighted by Crippen LogP contribution is 2.44. The van der Waals surface area contributed by atoms with Gasteiger partial charge in [-0.2, -0.15) is 0 Å². The van der Waals surface area contributed by atoms with Gasteiger partial charge in [-0.3, -0.25) is 4.90 Å². The van der Waals surface area contributed by atoms with Crippen molar-refractivity contribution in [2.24, 2.45) is 0 Å². The third kappa shape index (κ3) is 6.09. The number of phenols is 2. The standard InChI is InChI=1S/C36H30FNO4S/c37-28-14-9-25(10-15-28)32(40)19-20-34-35(31-18-13-27(22-33(31)41)26-7-4-8-30(39)21-26)38(36(43)42-34)29-16-11-24(12-17-29)23-5-2-1-3-6-23/h1-18,21-22,32,34-35,39-41H,19-20H2/t32-,34+,35+/m0/s1. The zero-order valence-electron chi connectivity index (χ0n) is 23.2. The topological polar surface area (TPSA) is 73.2 Å². The van der Waals surface area contributed by atoms with Gasteiger partial charge < -0.3 is 20.1 Å². The molecule has 0 radical (unpaired) electrons. The third-order valence-electron chi connectivity index (χ3n) is 7.84. The molecule has 1 aliphatic rings. The highest BCUT2D eigenvalue weighted by atomic mass is 32.1. The molecule has 1 heterocycles. The first kappa shape index (κ1) is 28.4. The van der Waals surface area contributed by atoms with Crippen molar-refractivity contribution < 1.29 is 24.4 Å². The van der Waals surface area contributed by atoms with Gasteiger partial charge in [-0.25, -0.2) is 4.39 Å². The van der Waals surface area contributed by atoms with Crippen molar-refractivity contribution in [3.05, 3.63) is 138 Å². The van der Waals surface area contributed by atoms with Crippen molar-refractivity contribution in [3.8, 4) is 33.8 Å². The summed E-state index contributed by atoms with van der Waals surface area (Å²) in [4.78, 5) is 1.90. The quantitative estimate of drug-likeness (QED) is 0.158. The first-order valence-electron chi connectivity index (χ1n) is 14.1. The molecule has 216 valence electrons. The van der Waals surface area contributed by atoms with E-state index in [0.29, 0.717) is 24.0 Å². The van der Waals surface area contributed by atoms with Crippen molar-refractivity contribution in [2.45, 2.75) is 31.1 Å². The Morgan fingerprint density at radius 2 is 1.40 bits per heavy atom. The fraction of sp³-hybridized carbons (Fsp3) is 0.139. The minimum atomic E-state index is -0.820. The van der Waals surface area contributed by atoms with E-state index in [9.17, 15) is 19.7 Å². The maximum atomic E-state index is 13.4. The van der Waals surface area contributed by atoms with Crippen LogP contribution in [0.15, 0.2) is 121 Å². The van der Waals surface area contributed by atoms with E-state index in [1.54, 1.807) is 36.4 Å². The first-order valence-corrected chi connectivity index (χ1v) is 14.5. The van der Waals surface area contributed by atoms with Crippen LogP contribution in [0, 0.1) is 5.82 Å².